The Morgan fingerprint density at radius 1 is 0.348 bits per heavy atom. The first-order valence-electron chi connectivity index (χ1n) is 24.1. The number of benzene rings is 8. The maximum atomic E-state index is 4.93. The van der Waals surface area contributed by atoms with Crippen LogP contribution < -0.4 is 0 Å². The van der Waals surface area contributed by atoms with E-state index in [-0.39, 0.29) is 0 Å². The van der Waals surface area contributed by atoms with Crippen LogP contribution in [0.25, 0.3) is 88.3 Å². The average Bonchev–Trinajstić information content (AvgIpc) is 4.05. The minimum absolute atomic E-state index is 0.826. The van der Waals surface area contributed by atoms with Gasteiger partial charge in [-0.1, -0.05) is 182 Å². The second-order valence-electron chi connectivity index (χ2n) is 17.7. The van der Waals surface area contributed by atoms with Gasteiger partial charge in [0.1, 0.15) is 0 Å². The van der Waals surface area contributed by atoms with E-state index in [0.717, 1.165) is 12.8 Å². The number of hydrogen-bond acceptors (Lipinski definition) is 0. The molecule has 10 aromatic carbocycles. The predicted octanol–water partition coefficient (Wildman–Crippen LogP) is 20.3. The molecular weight excluding hydrogens is 955 g/mol. The Morgan fingerprint density at radius 2 is 0.594 bits per heavy atom. The monoisotopic (exact) mass is 1020 g/mol. The second kappa shape index (κ2) is 23.8. The molecule has 0 aromatic heterocycles. The van der Waals surface area contributed by atoms with Crippen LogP contribution in [0.2, 0.25) is 0 Å². The molecule has 0 saturated carbocycles. The summed E-state index contributed by atoms with van der Waals surface area (Å²) in [4.78, 5) is 0. The molecule has 0 aliphatic carbocycles. The Labute approximate surface area is 431 Å². The van der Waals surface area contributed by atoms with E-state index in [1.54, 1.807) is 6.92 Å². The van der Waals surface area contributed by atoms with Crippen molar-refractivity contribution in [1.82, 2.24) is 0 Å². The molecule has 0 fully saturated rings. The van der Waals surface area contributed by atoms with Gasteiger partial charge in [0.15, 0.2) is 0 Å². The van der Waals surface area contributed by atoms with E-state index >= 15 is 0 Å². The van der Waals surface area contributed by atoms with Gasteiger partial charge < -0.3 is 6.92 Å². The Morgan fingerprint density at radius 3 is 0.841 bits per heavy atom. The summed E-state index contributed by atoms with van der Waals surface area (Å²) in [6, 6.07) is 66.6. The van der Waals surface area contributed by atoms with Gasteiger partial charge in [0.2, 0.25) is 0 Å². The van der Waals surface area contributed by atoms with E-state index in [9.17, 15) is 0 Å². The van der Waals surface area contributed by atoms with Crippen molar-refractivity contribution in [3.8, 4) is 66.8 Å². The molecule has 10 aromatic rings. The zero-order valence-electron chi connectivity index (χ0n) is 41.7. The number of aryl methyl sites for hydroxylation is 4. The molecule has 0 spiro atoms. The van der Waals surface area contributed by atoms with Gasteiger partial charge >= 0.3 is 37.9 Å². The first-order chi connectivity index (χ1) is 33.5. The SMILES string of the molecule is CCc1cc2c(-c3cc(-c4ccccc4)cc(-c4ccccc4)c3)c(C)c(C)c(C)c2[cH-]1.CCc1cc2c(-c3cc(-c4ccccc4)cc(-c4ccccc4)c3)c(C)c(C)c(C)c2[cH-]1.[CH2-]C.[Cl][Zr][Cl]. The van der Waals surface area contributed by atoms with Crippen molar-refractivity contribution < 1.29 is 20.8 Å². The normalized spacial score (nSPS) is 10.7. The van der Waals surface area contributed by atoms with Crippen molar-refractivity contribution in [3.05, 3.63) is 233 Å². The van der Waals surface area contributed by atoms with E-state index < -0.39 is 20.8 Å². The molecule has 0 unspecified atom stereocenters. The molecular formula is C66H63Cl2Zr-3. The van der Waals surface area contributed by atoms with Gasteiger partial charge in [0.25, 0.3) is 0 Å². The average molecular weight is 1020 g/mol. The Bertz CT molecular complexity index is 2950. The van der Waals surface area contributed by atoms with Crippen LogP contribution in [-0.4, -0.2) is 0 Å². The van der Waals surface area contributed by atoms with Crippen molar-refractivity contribution in [1.29, 1.82) is 0 Å². The fourth-order valence-electron chi connectivity index (χ4n) is 9.80. The minimum atomic E-state index is -0.826. The molecule has 10 rings (SSSR count). The summed E-state index contributed by atoms with van der Waals surface area (Å²) >= 11 is -0.826. The van der Waals surface area contributed by atoms with E-state index in [1.807, 2.05) is 0 Å². The molecule has 0 heterocycles. The quantitative estimate of drug-likeness (QED) is 0.133. The Kier molecular flexibility index (Phi) is 17.7. The molecule has 348 valence electrons. The zero-order valence-corrected chi connectivity index (χ0v) is 45.7. The van der Waals surface area contributed by atoms with Gasteiger partial charge in [0, 0.05) is 0 Å². The van der Waals surface area contributed by atoms with E-state index in [2.05, 4.69) is 244 Å². The Balaban J connectivity index is 0.000000187. The third-order valence-corrected chi connectivity index (χ3v) is 13.9. The molecule has 0 saturated heterocycles. The van der Waals surface area contributed by atoms with Crippen LogP contribution in [-0.2, 0) is 33.7 Å². The van der Waals surface area contributed by atoms with Gasteiger partial charge in [-0.25, -0.2) is 0 Å². The predicted molar refractivity (Wildman–Crippen MR) is 302 cm³/mol. The second-order valence-corrected chi connectivity index (χ2v) is 21.5. The summed E-state index contributed by atoms with van der Waals surface area (Å²) in [5, 5.41) is 5.55. The van der Waals surface area contributed by atoms with Crippen molar-refractivity contribution in [3.63, 3.8) is 0 Å². The summed E-state index contributed by atoms with van der Waals surface area (Å²) in [6.07, 6.45) is 2.12. The summed E-state index contributed by atoms with van der Waals surface area (Å²) in [6.45, 7) is 23.1. The number of halogens is 2. The van der Waals surface area contributed by atoms with Gasteiger partial charge in [-0.3, -0.25) is 0 Å². The molecule has 0 aliphatic rings. The third-order valence-electron chi connectivity index (χ3n) is 13.9. The van der Waals surface area contributed by atoms with E-state index in [4.69, 9.17) is 17.0 Å². The molecule has 0 radical (unpaired) electrons. The van der Waals surface area contributed by atoms with Gasteiger partial charge in [-0.05, 0) is 133 Å². The molecule has 0 bridgehead atoms. The van der Waals surface area contributed by atoms with Crippen molar-refractivity contribution in [2.45, 2.75) is 75.2 Å². The third kappa shape index (κ3) is 11.2. The van der Waals surface area contributed by atoms with E-state index in [1.165, 1.54) is 133 Å². The standard InChI is InChI=1S/2C32H29.C2H5.2ClH.Zr/c2*1-5-24-16-30-22(3)21(2)23(4)32(31(30)17-24)29-19-27(25-12-8-6-9-13-25)18-28(20-29)26-14-10-7-11-15-26;1-2;;;/h2*6-20H,5H2,1-4H3;1H2,2H3;2*1H;/q3*-1;;;+2/p-2. The molecule has 0 N–H and O–H groups in total. The van der Waals surface area contributed by atoms with Crippen LogP contribution in [0.5, 0.6) is 0 Å². The van der Waals surface area contributed by atoms with Crippen LogP contribution in [0.3, 0.4) is 0 Å². The fourth-order valence-corrected chi connectivity index (χ4v) is 9.80. The van der Waals surface area contributed by atoms with Crippen LogP contribution in [0.1, 0.15) is 65.3 Å². The molecule has 0 nitrogen and oxygen atoms in total. The van der Waals surface area contributed by atoms with E-state index in [0.29, 0.717) is 0 Å². The Hall–Kier alpha value is -5.56. The summed E-state index contributed by atoms with van der Waals surface area (Å²) in [7, 11) is 9.87. The van der Waals surface area contributed by atoms with Gasteiger partial charge in [-0.15, -0.1) is 55.9 Å². The molecule has 3 heteroatoms. The first kappa shape index (κ1) is 51.3. The topological polar surface area (TPSA) is 0 Å². The maximum absolute atomic E-state index is 4.93. The summed E-state index contributed by atoms with van der Waals surface area (Å²) in [5.74, 6) is 0. The summed E-state index contributed by atoms with van der Waals surface area (Å²) < 4.78 is 0. The van der Waals surface area contributed by atoms with Gasteiger partial charge in [0.05, 0.1) is 0 Å². The number of fused-ring (bicyclic) bond motifs is 2. The summed E-state index contributed by atoms with van der Waals surface area (Å²) in [5.41, 5.74) is 26.6. The van der Waals surface area contributed by atoms with Crippen LogP contribution in [0, 0.1) is 48.5 Å². The van der Waals surface area contributed by atoms with Crippen molar-refractivity contribution in [2.75, 3.05) is 0 Å². The van der Waals surface area contributed by atoms with Crippen molar-refractivity contribution in [2.24, 2.45) is 0 Å². The fraction of sp³-hybridized carbons (Fsp3) is 0.167. The molecule has 69 heavy (non-hydrogen) atoms. The van der Waals surface area contributed by atoms with Crippen LogP contribution in [0.15, 0.2) is 182 Å². The number of rotatable bonds is 8. The van der Waals surface area contributed by atoms with Crippen LogP contribution in [0.4, 0.5) is 0 Å². The van der Waals surface area contributed by atoms with Crippen molar-refractivity contribution >= 4 is 38.6 Å². The zero-order chi connectivity index (χ0) is 49.2. The number of hydrogen-bond donors (Lipinski definition) is 0. The molecule has 0 atom stereocenters. The molecule has 0 amide bonds. The molecule has 0 aliphatic heterocycles. The first-order valence-corrected chi connectivity index (χ1v) is 30.5. The van der Waals surface area contributed by atoms with Crippen LogP contribution >= 0.6 is 17.0 Å². The van der Waals surface area contributed by atoms with Gasteiger partial charge in [-0.2, -0.15) is 19.1 Å².